The molecule has 0 aliphatic rings. The molecule has 6 heteroatoms. The summed E-state index contributed by atoms with van der Waals surface area (Å²) >= 11 is 0. The molecule has 3 aromatic carbocycles. The highest BCUT2D eigenvalue weighted by Crippen LogP contribution is 2.47. The van der Waals surface area contributed by atoms with Crippen LogP contribution in [-0.2, 0) is 9.53 Å². The topological polar surface area (TPSA) is 87.7 Å². The van der Waals surface area contributed by atoms with E-state index in [1.807, 2.05) is 54.5 Å². The summed E-state index contributed by atoms with van der Waals surface area (Å²) in [5.41, 5.74) is 9.99. The lowest BCUT2D eigenvalue weighted by Crippen LogP contribution is -2.35. The van der Waals surface area contributed by atoms with Crippen LogP contribution >= 0.6 is 0 Å². The number of aryl methyl sites for hydroxylation is 4. The molecular formula is C34H44N2O4. The molecule has 0 aromatic heterocycles. The van der Waals surface area contributed by atoms with Crippen LogP contribution in [0.5, 0.6) is 0 Å². The predicted molar refractivity (Wildman–Crippen MR) is 164 cm³/mol. The first-order valence-electron chi connectivity index (χ1n) is 13.8. The molecule has 2 amide bonds. The number of urea groups is 1. The van der Waals surface area contributed by atoms with E-state index in [0.717, 1.165) is 44.5 Å². The molecule has 214 valence electrons. The normalized spacial score (nSPS) is 12.4. The predicted octanol–water partition coefficient (Wildman–Crippen LogP) is 8.34. The molecule has 0 bridgehead atoms. The smallest absolute Gasteiger partial charge is 0.337 e. The number of nitrogens with one attached hydrogen (secondary N) is 2. The summed E-state index contributed by atoms with van der Waals surface area (Å²) in [7, 11) is 0. The maximum absolute atomic E-state index is 13.1. The van der Waals surface area contributed by atoms with E-state index in [9.17, 15) is 14.7 Å². The van der Waals surface area contributed by atoms with Crippen LogP contribution in [0.3, 0.4) is 0 Å². The average molecular weight is 545 g/mol. The maximum atomic E-state index is 13.1. The highest BCUT2D eigenvalue weighted by Gasteiger charge is 2.34. The van der Waals surface area contributed by atoms with E-state index in [0.29, 0.717) is 16.8 Å². The molecular weight excluding hydrogens is 500 g/mol. The van der Waals surface area contributed by atoms with Gasteiger partial charge in [-0.25, -0.2) is 9.59 Å². The van der Waals surface area contributed by atoms with Crippen LogP contribution in [0.1, 0.15) is 79.7 Å². The van der Waals surface area contributed by atoms with Gasteiger partial charge in [0.1, 0.15) is 0 Å². The largest absolute Gasteiger partial charge is 0.479 e. The van der Waals surface area contributed by atoms with Gasteiger partial charge in [-0.05, 0) is 126 Å². The molecule has 0 saturated carbocycles. The molecule has 3 aromatic rings. The van der Waals surface area contributed by atoms with Crippen molar-refractivity contribution in [3.63, 3.8) is 0 Å². The van der Waals surface area contributed by atoms with Gasteiger partial charge in [-0.15, -0.1) is 0 Å². The first-order valence-corrected chi connectivity index (χ1v) is 13.8. The molecule has 0 heterocycles. The summed E-state index contributed by atoms with van der Waals surface area (Å²) in [6.07, 6.45) is -1.25. The average Bonchev–Trinajstić information content (AvgIpc) is 2.82. The Labute approximate surface area is 239 Å². The maximum Gasteiger partial charge on any atom is 0.337 e. The van der Waals surface area contributed by atoms with Gasteiger partial charge >= 0.3 is 12.0 Å². The summed E-state index contributed by atoms with van der Waals surface area (Å²) in [5.74, 6) is -1.08. The molecule has 0 saturated heterocycles. The lowest BCUT2D eigenvalue weighted by molar-refractivity contribution is -0.160. The fourth-order valence-electron chi connectivity index (χ4n) is 5.03. The molecule has 40 heavy (non-hydrogen) atoms. The molecule has 3 N–H and O–H groups in total. The number of benzene rings is 3. The summed E-state index contributed by atoms with van der Waals surface area (Å²) < 4.78 is 6.21. The van der Waals surface area contributed by atoms with E-state index in [1.54, 1.807) is 0 Å². The van der Waals surface area contributed by atoms with Gasteiger partial charge in [0.25, 0.3) is 0 Å². The van der Waals surface area contributed by atoms with Gasteiger partial charge in [0, 0.05) is 17.2 Å². The molecule has 0 aliphatic heterocycles. The Morgan fingerprint density at radius 3 is 1.70 bits per heavy atom. The van der Waals surface area contributed by atoms with Crippen molar-refractivity contribution >= 4 is 17.7 Å². The SMILES string of the molecule is Cc1ccc(-c2c(C)c(-c3ccc(C)c(C)c3)c(C(OC(C)(C)C)C(=O)O)c(C)c2NC(=O)NC(C)C)cc1C. The van der Waals surface area contributed by atoms with E-state index < -0.39 is 17.7 Å². The van der Waals surface area contributed by atoms with Gasteiger partial charge in [0.05, 0.1) is 11.3 Å². The van der Waals surface area contributed by atoms with E-state index in [-0.39, 0.29) is 12.1 Å². The number of carboxylic acid groups (broad SMARTS) is 1. The number of amides is 2. The lowest BCUT2D eigenvalue weighted by atomic mass is 9.81. The van der Waals surface area contributed by atoms with Crippen molar-refractivity contribution in [2.24, 2.45) is 0 Å². The van der Waals surface area contributed by atoms with E-state index in [2.05, 4.69) is 68.7 Å². The number of carbonyl (C=O) groups excluding carboxylic acids is 1. The fourth-order valence-corrected chi connectivity index (χ4v) is 5.03. The van der Waals surface area contributed by atoms with Crippen molar-refractivity contribution in [2.75, 3.05) is 5.32 Å². The first-order chi connectivity index (χ1) is 18.5. The van der Waals surface area contributed by atoms with Crippen molar-refractivity contribution in [2.45, 2.75) is 93.9 Å². The number of hydrogen-bond acceptors (Lipinski definition) is 3. The number of rotatable bonds is 7. The molecule has 6 nitrogen and oxygen atoms in total. The zero-order valence-corrected chi connectivity index (χ0v) is 25.8. The fraction of sp³-hybridized carbons (Fsp3) is 0.412. The minimum Gasteiger partial charge on any atom is -0.479 e. The number of carboxylic acids is 1. The standard InChI is InChI=1S/C34H44N2O4/c1-18(2)35-33(39)36-30-24(8)29(31(32(37)38)40-34(9,10)11)27(25-14-12-19(3)21(5)16-25)23(7)28(30)26-15-13-20(4)22(6)17-26/h12-18,31H,1-11H3,(H,37,38)(H2,35,36,39). The van der Waals surface area contributed by atoms with Crippen LogP contribution < -0.4 is 10.6 Å². The molecule has 0 aliphatic carbocycles. The third-order valence-corrected chi connectivity index (χ3v) is 7.26. The third kappa shape index (κ3) is 6.73. The van der Waals surface area contributed by atoms with Crippen molar-refractivity contribution in [3.05, 3.63) is 75.3 Å². The van der Waals surface area contributed by atoms with Crippen molar-refractivity contribution in [1.82, 2.24) is 5.32 Å². The lowest BCUT2D eigenvalue weighted by Gasteiger charge is -2.31. The van der Waals surface area contributed by atoms with E-state index in [1.165, 1.54) is 5.56 Å². The van der Waals surface area contributed by atoms with Gasteiger partial charge in [-0.2, -0.15) is 0 Å². The van der Waals surface area contributed by atoms with Gasteiger partial charge in [0.2, 0.25) is 0 Å². The second kappa shape index (κ2) is 11.8. The molecule has 3 rings (SSSR count). The van der Waals surface area contributed by atoms with Gasteiger partial charge in [0.15, 0.2) is 6.10 Å². The van der Waals surface area contributed by atoms with Gasteiger partial charge < -0.3 is 20.5 Å². The van der Waals surface area contributed by atoms with Crippen LogP contribution in [-0.4, -0.2) is 28.7 Å². The Kier molecular flexibility index (Phi) is 9.15. The minimum absolute atomic E-state index is 0.0725. The van der Waals surface area contributed by atoms with Crippen molar-refractivity contribution in [1.29, 1.82) is 0 Å². The van der Waals surface area contributed by atoms with Crippen LogP contribution in [0.25, 0.3) is 22.3 Å². The number of anilines is 1. The molecule has 1 unspecified atom stereocenters. The van der Waals surface area contributed by atoms with E-state index >= 15 is 0 Å². The molecule has 0 fully saturated rings. The highest BCUT2D eigenvalue weighted by atomic mass is 16.5. The summed E-state index contributed by atoms with van der Waals surface area (Å²) in [5, 5.41) is 16.5. The highest BCUT2D eigenvalue weighted by molar-refractivity contribution is 6.01. The van der Waals surface area contributed by atoms with E-state index in [4.69, 9.17) is 4.74 Å². The van der Waals surface area contributed by atoms with Gasteiger partial charge in [-0.3, -0.25) is 0 Å². The number of hydrogen-bond donors (Lipinski definition) is 3. The van der Waals surface area contributed by atoms with Crippen LogP contribution in [0.15, 0.2) is 36.4 Å². The zero-order chi connectivity index (χ0) is 30.1. The summed E-state index contributed by atoms with van der Waals surface area (Å²) in [6, 6.07) is 12.0. The zero-order valence-electron chi connectivity index (χ0n) is 25.8. The molecule has 0 spiro atoms. The quantitative estimate of drug-likeness (QED) is 0.279. The number of carbonyl (C=O) groups is 2. The van der Waals surface area contributed by atoms with Crippen LogP contribution in [0.4, 0.5) is 10.5 Å². The Morgan fingerprint density at radius 2 is 1.27 bits per heavy atom. The van der Waals surface area contributed by atoms with Gasteiger partial charge in [-0.1, -0.05) is 36.4 Å². The minimum atomic E-state index is -1.25. The second-order valence-corrected chi connectivity index (χ2v) is 12.1. The van der Waals surface area contributed by atoms with Crippen molar-refractivity contribution < 1.29 is 19.4 Å². The molecule has 0 radical (unpaired) electrons. The Hall–Kier alpha value is -3.64. The number of ether oxygens (including phenoxy) is 1. The van der Waals surface area contributed by atoms with Crippen LogP contribution in [0.2, 0.25) is 0 Å². The Balaban J connectivity index is 2.53. The van der Waals surface area contributed by atoms with Crippen LogP contribution in [0, 0.1) is 41.5 Å². The second-order valence-electron chi connectivity index (χ2n) is 12.1. The summed E-state index contributed by atoms with van der Waals surface area (Å²) in [6.45, 7) is 21.4. The number of aliphatic carboxylic acids is 1. The Bertz CT molecular complexity index is 1450. The van der Waals surface area contributed by atoms with Crippen molar-refractivity contribution in [3.8, 4) is 22.3 Å². The Morgan fingerprint density at radius 1 is 0.775 bits per heavy atom. The molecule has 1 atom stereocenters. The first kappa shape index (κ1) is 30.9. The monoisotopic (exact) mass is 544 g/mol. The summed E-state index contributed by atoms with van der Waals surface area (Å²) in [4.78, 5) is 25.9. The third-order valence-electron chi connectivity index (χ3n) is 7.26.